The van der Waals surface area contributed by atoms with Crippen LogP contribution >= 0.6 is 0 Å². The molecule has 0 radical (unpaired) electrons. The first-order valence-corrected chi connectivity index (χ1v) is 13.4. The van der Waals surface area contributed by atoms with Crippen LogP contribution in [0.3, 0.4) is 0 Å². The Morgan fingerprint density at radius 1 is 1.03 bits per heavy atom. The predicted octanol–water partition coefficient (Wildman–Crippen LogP) is 3.08. The number of carboxylic acid groups (broad SMARTS) is 1. The minimum Gasteiger partial charge on any atom is -0.477 e. The van der Waals surface area contributed by atoms with Gasteiger partial charge in [-0.1, -0.05) is 24.6 Å². The number of nitrogens with two attached hydrogens (primary N) is 1. The lowest BCUT2D eigenvalue weighted by molar-refractivity contribution is -0.483. The SMILES string of the molecule is N=C(c1c(N2CCC(OCC(=O)N3CCCC3)CC2)cc(C(=O)O)nc1[NH2+]c1ccccc1)C1CCC1. The number of nitrogens with zero attached hydrogens (tertiary/aromatic N) is 3. The molecule has 2 saturated heterocycles. The van der Waals surface area contributed by atoms with Gasteiger partial charge in [0.05, 0.1) is 17.5 Å². The van der Waals surface area contributed by atoms with Crippen LogP contribution in [0.1, 0.15) is 61.0 Å². The standard InChI is InChI=1S/C28H35N5O4/c29-26(19-7-6-8-19)25-23(17-22(28(35)36)31-27(25)30-20-9-2-1-3-10-20)32-15-11-21(12-16-32)37-18-24(34)33-13-4-5-14-33/h1-3,9-10,17,19,21,29H,4-8,11-16,18H2,(H,30,31)(H,35,36)/p+1. The van der Waals surface area contributed by atoms with Gasteiger partial charge in [-0.15, -0.1) is 0 Å². The first-order chi connectivity index (χ1) is 18.0. The number of carboxylic acids is 1. The zero-order valence-corrected chi connectivity index (χ0v) is 21.2. The minimum atomic E-state index is -1.08. The second-order valence-corrected chi connectivity index (χ2v) is 10.3. The number of pyridine rings is 1. The molecule has 5 rings (SSSR count). The Hall–Kier alpha value is -3.30. The molecule has 0 bridgehead atoms. The Morgan fingerprint density at radius 2 is 1.73 bits per heavy atom. The lowest BCUT2D eigenvalue weighted by atomic mass is 9.79. The van der Waals surface area contributed by atoms with Crippen molar-refractivity contribution in [2.24, 2.45) is 5.92 Å². The normalized spacial score (nSPS) is 18.6. The van der Waals surface area contributed by atoms with Gasteiger partial charge < -0.3 is 25.1 Å². The number of piperidine rings is 1. The molecule has 1 saturated carbocycles. The lowest BCUT2D eigenvalue weighted by Gasteiger charge is -2.36. The number of likely N-dealkylation sites (tertiary alicyclic amines) is 1. The quantitative estimate of drug-likeness (QED) is 0.355. The van der Waals surface area contributed by atoms with Gasteiger partial charge >= 0.3 is 5.97 Å². The number of amides is 1. The van der Waals surface area contributed by atoms with Crippen LogP contribution in [0, 0.1) is 11.3 Å². The maximum absolute atomic E-state index is 12.4. The van der Waals surface area contributed by atoms with Crippen molar-refractivity contribution in [3.8, 4) is 0 Å². The maximum Gasteiger partial charge on any atom is 0.354 e. The highest BCUT2D eigenvalue weighted by Gasteiger charge is 2.33. The number of rotatable bonds is 9. The molecule has 9 nitrogen and oxygen atoms in total. The number of carbonyl (C=O) groups excluding carboxylic acids is 1. The number of aromatic carboxylic acids is 1. The van der Waals surface area contributed by atoms with E-state index in [1.807, 2.05) is 40.5 Å². The highest BCUT2D eigenvalue weighted by molar-refractivity contribution is 6.08. The molecule has 1 aliphatic carbocycles. The van der Waals surface area contributed by atoms with Gasteiger partial charge in [0, 0.05) is 32.1 Å². The monoisotopic (exact) mass is 506 g/mol. The summed E-state index contributed by atoms with van der Waals surface area (Å²) in [4.78, 5) is 33.0. The first kappa shape index (κ1) is 25.4. The van der Waals surface area contributed by atoms with E-state index in [2.05, 4.69) is 9.88 Å². The summed E-state index contributed by atoms with van der Waals surface area (Å²) in [5.74, 6) is -0.300. The van der Waals surface area contributed by atoms with E-state index in [-0.39, 0.29) is 30.2 Å². The van der Waals surface area contributed by atoms with Gasteiger partial charge in [-0.25, -0.2) is 4.79 Å². The topological polar surface area (TPSA) is 123 Å². The van der Waals surface area contributed by atoms with Crippen molar-refractivity contribution in [1.29, 1.82) is 5.41 Å². The fraction of sp³-hybridized carbons (Fsp3) is 0.500. The van der Waals surface area contributed by atoms with Crippen molar-refractivity contribution in [3.63, 3.8) is 0 Å². The van der Waals surface area contributed by atoms with Crippen LogP contribution in [0.25, 0.3) is 0 Å². The summed E-state index contributed by atoms with van der Waals surface area (Å²) in [5, 5.41) is 20.8. The van der Waals surface area contributed by atoms with Gasteiger partial charge in [-0.05, 0) is 56.7 Å². The Labute approximate surface area is 217 Å². The third-order valence-electron chi connectivity index (χ3n) is 7.82. The van der Waals surface area contributed by atoms with Crippen molar-refractivity contribution in [3.05, 3.63) is 47.7 Å². The van der Waals surface area contributed by atoms with Crippen LogP contribution in [-0.4, -0.2) is 71.5 Å². The van der Waals surface area contributed by atoms with Crippen LogP contribution in [-0.2, 0) is 9.53 Å². The summed E-state index contributed by atoms with van der Waals surface area (Å²) in [6.07, 6.45) is 6.67. The van der Waals surface area contributed by atoms with Crippen molar-refractivity contribution in [2.75, 3.05) is 37.7 Å². The number of quaternary nitrogens is 1. The Bertz CT molecular complexity index is 1140. The van der Waals surface area contributed by atoms with E-state index in [1.165, 1.54) is 0 Å². The molecule has 3 fully saturated rings. The molecular weight excluding hydrogens is 470 g/mol. The molecule has 9 heteroatoms. The smallest absolute Gasteiger partial charge is 0.354 e. The van der Waals surface area contributed by atoms with Crippen molar-refractivity contribution >= 4 is 34.8 Å². The second-order valence-electron chi connectivity index (χ2n) is 10.3. The number of benzene rings is 1. The number of nitrogens with one attached hydrogen (secondary N) is 1. The number of aromatic nitrogens is 1. The van der Waals surface area contributed by atoms with E-state index < -0.39 is 5.97 Å². The van der Waals surface area contributed by atoms with Gasteiger partial charge in [0.25, 0.3) is 0 Å². The fourth-order valence-electron chi connectivity index (χ4n) is 5.41. The third-order valence-corrected chi connectivity index (χ3v) is 7.82. The van der Waals surface area contributed by atoms with Crippen LogP contribution in [0.15, 0.2) is 36.4 Å². The summed E-state index contributed by atoms with van der Waals surface area (Å²) >= 11 is 0. The highest BCUT2D eigenvalue weighted by Crippen LogP contribution is 2.36. The molecule has 1 aromatic heterocycles. The molecule has 3 heterocycles. The molecule has 2 aliphatic heterocycles. The predicted molar refractivity (Wildman–Crippen MR) is 140 cm³/mol. The summed E-state index contributed by atoms with van der Waals surface area (Å²) in [5.41, 5.74) is 2.94. The molecule has 0 spiro atoms. The molecule has 196 valence electrons. The van der Waals surface area contributed by atoms with E-state index >= 15 is 0 Å². The molecule has 0 unspecified atom stereocenters. The van der Waals surface area contributed by atoms with E-state index in [0.717, 1.165) is 75.0 Å². The number of para-hydroxylation sites is 1. The number of anilines is 1. The summed E-state index contributed by atoms with van der Waals surface area (Å²) < 4.78 is 5.98. The minimum absolute atomic E-state index is 0.00605. The van der Waals surface area contributed by atoms with Crippen LogP contribution in [0.5, 0.6) is 0 Å². The Kier molecular flexibility index (Phi) is 7.81. The van der Waals surface area contributed by atoms with E-state index in [0.29, 0.717) is 24.6 Å². The average molecular weight is 507 g/mol. The zero-order chi connectivity index (χ0) is 25.8. The number of hydrogen-bond donors (Lipinski definition) is 3. The first-order valence-electron chi connectivity index (χ1n) is 13.4. The largest absolute Gasteiger partial charge is 0.477 e. The van der Waals surface area contributed by atoms with Crippen molar-refractivity contribution in [1.82, 2.24) is 9.88 Å². The third kappa shape index (κ3) is 5.83. The van der Waals surface area contributed by atoms with Gasteiger partial charge in [0.2, 0.25) is 11.7 Å². The molecule has 1 aromatic carbocycles. The molecule has 0 atom stereocenters. The molecule has 4 N–H and O–H groups in total. The molecular formula is C28H36N5O4+. The highest BCUT2D eigenvalue weighted by atomic mass is 16.5. The van der Waals surface area contributed by atoms with E-state index in [9.17, 15) is 14.7 Å². The van der Waals surface area contributed by atoms with Crippen LogP contribution < -0.4 is 10.2 Å². The number of hydrogen-bond acceptors (Lipinski definition) is 6. The van der Waals surface area contributed by atoms with Crippen molar-refractivity contribution < 1.29 is 24.7 Å². The van der Waals surface area contributed by atoms with Gasteiger partial charge in [0.1, 0.15) is 17.9 Å². The Balaban J connectivity index is 1.37. The van der Waals surface area contributed by atoms with E-state index in [1.54, 1.807) is 6.07 Å². The van der Waals surface area contributed by atoms with Gasteiger partial charge in [-0.3, -0.25) is 10.1 Å². The second kappa shape index (κ2) is 11.4. The van der Waals surface area contributed by atoms with Crippen LogP contribution in [0.4, 0.5) is 17.2 Å². The zero-order valence-electron chi connectivity index (χ0n) is 21.2. The molecule has 37 heavy (non-hydrogen) atoms. The number of ether oxygens (including phenoxy) is 1. The lowest BCUT2D eigenvalue weighted by Crippen LogP contribution is -2.72. The summed E-state index contributed by atoms with van der Waals surface area (Å²) in [6, 6.07) is 11.3. The molecule has 2 aromatic rings. The Morgan fingerprint density at radius 3 is 2.35 bits per heavy atom. The van der Waals surface area contributed by atoms with Gasteiger partial charge in [-0.2, -0.15) is 4.98 Å². The average Bonchev–Trinajstić information content (AvgIpc) is 3.42. The van der Waals surface area contributed by atoms with Crippen molar-refractivity contribution in [2.45, 2.75) is 51.0 Å². The van der Waals surface area contributed by atoms with E-state index in [4.69, 9.17) is 10.1 Å². The number of carbonyl (C=O) groups is 2. The molecule has 1 amide bonds. The van der Waals surface area contributed by atoms with Gasteiger partial charge in [0.15, 0.2) is 5.69 Å². The summed E-state index contributed by atoms with van der Waals surface area (Å²) in [6.45, 7) is 3.11. The molecule has 3 aliphatic rings. The maximum atomic E-state index is 12.4. The van der Waals surface area contributed by atoms with Crippen LogP contribution in [0.2, 0.25) is 0 Å². The fourth-order valence-corrected chi connectivity index (χ4v) is 5.41. The summed E-state index contributed by atoms with van der Waals surface area (Å²) in [7, 11) is 0.